The number of nitrogens with zero attached hydrogens (tertiary/aromatic N) is 1. The summed E-state index contributed by atoms with van der Waals surface area (Å²) in [5.41, 5.74) is 4.53. The molecule has 4 aromatic rings. The van der Waals surface area contributed by atoms with E-state index in [0.717, 1.165) is 23.8 Å². The third-order valence-electron chi connectivity index (χ3n) is 7.06. The highest BCUT2D eigenvalue weighted by Crippen LogP contribution is 2.39. The molecule has 0 saturated heterocycles. The molecule has 6 rings (SSSR count). The molecule has 188 valence electrons. The number of hydrogen-bond acceptors (Lipinski definition) is 5. The third-order valence-corrected chi connectivity index (χ3v) is 8.85. The van der Waals surface area contributed by atoms with Crippen molar-refractivity contribution in [1.82, 2.24) is 0 Å². The van der Waals surface area contributed by atoms with Crippen molar-refractivity contribution in [2.45, 2.75) is 30.8 Å². The van der Waals surface area contributed by atoms with Crippen LogP contribution in [0.4, 0.5) is 11.4 Å². The minimum atomic E-state index is -3.98. The van der Waals surface area contributed by atoms with Gasteiger partial charge in [0, 0.05) is 11.1 Å². The number of benzene rings is 4. The van der Waals surface area contributed by atoms with Gasteiger partial charge in [-0.2, -0.15) is 0 Å². The van der Waals surface area contributed by atoms with E-state index in [2.05, 4.69) is 17.4 Å². The van der Waals surface area contributed by atoms with Crippen LogP contribution in [0.15, 0.2) is 77.7 Å². The maximum Gasteiger partial charge on any atom is 0.267 e. The first-order valence-corrected chi connectivity index (χ1v) is 13.6. The van der Waals surface area contributed by atoms with Gasteiger partial charge in [0.2, 0.25) is 0 Å². The number of amides is 1. The molecule has 0 saturated carbocycles. The lowest BCUT2D eigenvalue weighted by Crippen LogP contribution is -2.48. The Labute approximate surface area is 215 Å². The molecule has 0 radical (unpaired) electrons. The molecule has 0 aromatic heterocycles. The zero-order valence-electron chi connectivity index (χ0n) is 20.5. The molecular formula is C29H26N2O5S. The average Bonchev–Trinajstić information content (AvgIpc) is 3.34. The molecule has 7 nitrogen and oxygen atoms in total. The van der Waals surface area contributed by atoms with Crippen LogP contribution in [0.5, 0.6) is 11.5 Å². The Balaban J connectivity index is 1.35. The topological polar surface area (TPSA) is 84.9 Å². The number of anilines is 2. The van der Waals surface area contributed by atoms with E-state index in [1.165, 1.54) is 40.1 Å². The van der Waals surface area contributed by atoms with Crippen LogP contribution in [0.2, 0.25) is 0 Å². The molecule has 1 atom stereocenters. The summed E-state index contributed by atoms with van der Waals surface area (Å²) in [6.07, 6.45) is 0.945. The van der Waals surface area contributed by atoms with E-state index in [-0.39, 0.29) is 11.4 Å². The van der Waals surface area contributed by atoms with Crippen LogP contribution < -0.4 is 19.1 Å². The van der Waals surface area contributed by atoms with Crippen LogP contribution in [0.1, 0.15) is 16.7 Å². The number of nitrogens with one attached hydrogen (secondary N) is 1. The van der Waals surface area contributed by atoms with E-state index >= 15 is 0 Å². The molecule has 1 heterocycles. The van der Waals surface area contributed by atoms with Crippen molar-refractivity contribution in [2.75, 3.05) is 23.3 Å². The fourth-order valence-corrected chi connectivity index (χ4v) is 6.64. The first kappa shape index (κ1) is 23.4. The molecule has 8 heteroatoms. The predicted molar refractivity (Wildman–Crippen MR) is 143 cm³/mol. The summed E-state index contributed by atoms with van der Waals surface area (Å²) in [5.74, 6) is 0.495. The van der Waals surface area contributed by atoms with Gasteiger partial charge in [-0.05, 0) is 84.3 Å². The van der Waals surface area contributed by atoms with Gasteiger partial charge < -0.3 is 14.8 Å². The Morgan fingerprint density at radius 1 is 1.00 bits per heavy atom. The van der Waals surface area contributed by atoms with Gasteiger partial charge >= 0.3 is 0 Å². The van der Waals surface area contributed by atoms with Gasteiger partial charge in [0.15, 0.2) is 6.10 Å². The number of carbonyl (C=O) groups excluding carboxylic acids is 1. The third kappa shape index (κ3) is 3.97. The molecule has 0 spiro atoms. The summed E-state index contributed by atoms with van der Waals surface area (Å²) >= 11 is 0. The number of rotatable bonds is 5. The monoisotopic (exact) mass is 514 g/mol. The second kappa shape index (κ2) is 8.81. The minimum absolute atomic E-state index is 0.106. The summed E-state index contributed by atoms with van der Waals surface area (Å²) in [7, 11) is -2.45. The maximum atomic E-state index is 13.7. The van der Waals surface area contributed by atoms with Crippen LogP contribution >= 0.6 is 0 Å². The highest BCUT2D eigenvalue weighted by atomic mass is 32.2. The molecule has 2 aliphatic rings. The summed E-state index contributed by atoms with van der Waals surface area (Å²) in [6.45, 7) is 1.73. The Kier molecular flexibility index (Phi) is 5.56. The van der Waals surface area contributed by atoms with Crippen molar-refractivity contribution in [3.05, 3.63) is 89.5 Å². The van der Waals surface area contributed by atoms with Crippen LogP contribution in [-0.4, -0.2) is 34.1 Å². The maximum absolute atomic E-state index is 13.7. The van der Waals surface area contributed by atoms with Gasteiger partial charge in [0.25, 0.3) is 15.9 Å². The summed E-state index contributed by atoms with van der Waals surface area (Å²) < 4.78 is 40.0. The number of aryl methyl sites for hydroxylation is 3. The molecule has 4 aromatic carbocycles. The van der Waals surface area contributed by atoms with Crippen molar-refractivity contribution in [3.63, 3.8) is 0 Å². The van der Waals surface area contributed by atoms with Crippen molar-refractivity contribution >= 4 is 38.1 Å². The summed E-state index contributed by atoms with van der Waals surface area (Å²) in [5, 5.41) is 5.18. The van der Waals surface area contributed by atoms with Gasteiger partial charge in [0.1, 0.15) is 11.5 Å². The molecule has 0 bridgehead atoms. The average molecular weight is 515 g/mol. The Morgan fingerprint density at radius 3 is 2.51 bits per heavy atom. The second-order valence-electron chi connectivity index (χ2n) is 9.39. The Bertz CT molecular complexity index is 1640. The quantitative estimate of drug-likeness (QED) is 0.412. The number of carbonyl (C=O) groups is 1. The number of hydrogen-bond donors (Lipinski definition) is 1. The fraction of sp³-hybridized carbons (Fsp3) is 0.207. The van der Waals surface area contributed by atoms with E-state index < -0.39 is 22.0 Å². The second-order valence-corrected chi connectivity index (χ2v) is 11.3. The predicted octanol–water partition coefficient (Wildman–Crippen LogP) is 4.85. The number of ether oxygens (including phenoxy) is 2. The lowest BCUT2D eigenvalue weighted by atomic mass is 10.0. The Morgan fingerprint density at radius 2 is 1.76 bits per heavy atom. The molecule has 1 aliphatic carbocycles. The van der Waals surface area contributed by atoms with E-state index in [4.69, 9.17) is 9.47 Å². The molecule has 1 amide bonds. The highest BCUT2D eigenvalue weighted by molar-refractivity contribution is 7.92. The van der Waals surface area contributed by atoms with Crippen molar-refractivity contribution in [2.24, 2.45) is 0 Å². The van der Waals surface area contributed by atoms with Gasteiger partial charge in [-0.3, -0.25) is 9.10 Å². The van der Waals surface area contributed by atoms with Crippen molar-refractivity contribution in [3.8, 4) is 11.5 Å². The molecule has 0 unspecified atom stereocenters. The fourth-order valence-electron chi connectivity index (χ4n) is 5.17. The van der Waals surface area contributed by atoms with Crippen LogP contribution in [-0.2, 0) is 27.7 Å². The smallest absolute Gasteiger partial charge is 0.267 e. The minimum Gasteiger partial charge on any atom is -0.497 e. The van der Waals surface area contributed by atoms with E-state index in [9.17, 15) is 13.2 Å². The van der Waals surface area contributed by atoms with Gasteiger partial charge in [0.05, 0.1) is 24.2 Å². The molecule has 1 N–H and O–H groups in total. The highest BCUT2D eigenvalue weighted by Gasteiger charge is 2.38. The van der Waals surface area contributed by atoms with Crippen LogP contribution in [0, 0.1) is 6.92 Å². The molecular weight excluding hydrogens is 488 g/mol. The summed E-state index contributed by atoms with van der Waals surface area (Å²) in [4.78, 5) is 13.6. The van der Waals surface area contributed by atoms with E-state index in [1.807, 2.05) is 31.2 Å². The summed E-state index contributed by atoms with van der Waals surface area (Å²) in [6, 6.07) is 21.6. The SMILES string of the molecule is COc1ccc(S(=O)(=O)N2C[C@H](C(=O)Nc3ccc4c5c(cccc35)CC4)Oc3ccc(C)cc32)cc1. The van der Waals surface area contributed by atoms with Gasteiger partial charge in [-0.15, -0.1) is 0 Å². The number of fused-ring (bicyclic) bond motifs is 1. The normalized spacial score (nSPS) is 16.3. The largest absolute Gasteiger partial charge is 0.497 e. The zero-order valence-corrected chi connectivity index (χ0v) is 21.3. The first-order valence-electron chi connectivity index (χ1n) is 12.1. The van der Waals surface area contributed by atoms with Crippen molar-refractivity contribution < 1.29 is 22.7 Å². The van der Waals surface area contributed by atoms with Crippen molar-refractivity contribution in [1.29, 1.82) is 0 Å². The van der Waals surface area contributed by atoms with E-state index in [1.54, 1.807) is 24.3 Å². The molecule has 0 fully saturated rings. The van der Waals surface area contributed by atoms with Gasteiger partial charge in [-0.25, -0.2) is 8.42 Å². The molecule has 1 aliphatic heterocycles. The standard InChI is InChI=1S/C29H26N2O5S/c1-18-6-15-26-25(16-18)31(37(33,34)22-12-10-21(35-2)11-13-22)17-27(36-26)29(32)30-24-14-9-20-8-7-19-4-3-5-23(24)28(19)20/h3-6,9-16,27H,7-8,17H2,1-2H3,(H,30,32)/t27-/m1/s1. The lowest BCUT2D eigenvalue weighted by molar-refractivity contribution is -0.122. The van der Waals surface area contributed by atoms with Gasteiger partial charge in [-0.1, -0.05) is 30.3 Å². The van der Waals surface area contributed by atoms with E-state index in [0.29, 0.717) is 22.9 Å². The van der Waals surface area contributed by atoms with Crippen LogP contribution in [0.3, 0.4) is 0 Å². The Hall–Kier alpha value is -4.04. The first-order chi connectivity index (χ1) is 17.8. The zero-order chi connectivity index (χ0) is 25.7. The van der Waals surface area contributed by atoms with Crippen LogP contribution in [0.25, 0.3) is 10.8 Å². The number of methoxy groups -OCH3 is 1. The lowest BCUT2D eigenvalue weighted by Gasteiger charge is -2.35. The number of sulfonamides is 1. The molecule has 37 heavy (non-hydrogen) atoms.